The van der Waals surface area contributed by atoms with Gasteiger partial charge in [-0.1, -0.05) is 13.0 Å². The molecule has 2 aliphatic rings. The number of hydrogen-bond acceptors (Lipinski definition) is 8. The molecule has 0 unspecified atom stereocenters. The van der Waals surface area contributed by atoms with Crippen LogP contribution in [0.1, 0.15) is 29.1 Å². The van der Waals surface area contributed by atoms with Crippen molar-refractivity contribution in [3.05, 3.63) is 42.4 Å². The van der Waals surface area contributed by atoms with Crippen molar-refractivity contribution in [2.45, 2.75) is 19.4 Å². The molecule has 180 valence electrons. The highest BCUT2D eigenvalue weighted by molar-refractivity contribution is 6.03. The molecular weight excluding hydrogens is 444 g/mol. The highest BCUT2D eigenvalue weighted by Crippen LogP contribution is 2.39. The van der Waals surface area contributed by atoms with Gasteiger partial charge in [0.15, 0.2) is 11.5 Å². The van der Waals surface area contributed by atoms with Gasteiger partial charge in [0, 0.05) is 70.6 Å². The fourth-order valence-corrected chi connectivity index (χ4v) is 4.57. The number of pyridine rings is 3. The van der Waals surface area contributed by atoms with Gasteiger partial charge in [-0.15, -0.1) is 5.10 Å². The minimum atomic E-state index is -2.44. The standard InChI is InChI=1S/C25H28N8O2/c1-14-8-16(14)25(34)29-21-9-17-18(10-27-21)23(26-2)28-11-19(17)24-30-22-5-4-15(12-33(22)31-24)20-13-32(3)6-7-35-20/h4-5,9-12,14,16,20H,6-8,13H2,1-3H3,(H,26,28)(H,27,29,34)/t14-,16+,20-/m1/s1/i2D3. The van der Waals surface area contributed by atoms with E-state index in [1.165, 1.54) is 6.20 Å². The Labute approximate surface area is 206 Å². The summed E-state index contributed by atoms with van der Waals surface area (Å²) < 4.78 is 30.5. The molecule has 6 rings (SSSR count). The Bertz CT molecular complexity index is 1540. The topological polar surface area (TPSA) is 110 Å². The molecule has 2 fully saturated rings. The summed E-state index contributed by atoms with van der Waals surface area (Å²) in [5, 5.41) is 11.2. The first kappa shape index (κ1) is 18.7. The van der Waals surface area contributed by atoms with Crippen LogP contribution in [0.5, 0.6) is 0 Å². The molecule has 0 radical (unpaired) electrons. The smallest absolute Gasteiger partial charge is 0.228 e. The van der Waals surface area contributed by atoms with Gasteiger partial charge < -0.3 is 20.3 Å². The summed E-state index contributed by atoms with van der Waals surface area (Å²) in [6.45, 7) is 1.95. The van der Waals surface area contributed by atoms with Crippen molar-refractivity contribution in [1.29, 1.82) is 0 Å². The molecule has 1 aliphatic carbocycles. The van der Waals surface area contributed by atoms with Gasteiger partial charge in [-0.3, -0.25) is 4.79 Å². The second kappa shape index (κ2) is 8.54. The van der Waals surface area contributed by atoms with Gasteiger partial charge >= 0.3 is 0 Å². The van der Waals surface area contributed by atoms with E-state index in [1.54, 1.807) is 16.8 Å². The highest BCUT2D eigenvalue weighted by Gasteiger charge is 2.39. The van der Waals surface area contributed by atoms with E-state index >= 15 is 0 Å². The molecule has 3 atom stereocenters. The van der Waals surface area contributed by atoms with Crippen LogP contribution < -0.4 is 10.6 Å². The molecule has 0 aromatic carbocycles. The van der Waals surface area contributed by atoms with Gasteiger partial charge in [-0.25, -0.2) is 19.5 Å². The number of hydrogen-bond donors (Lipinski definition) is 2. The van der Waals surface area contributed by atoms with E-state index in [0.29, 0.717) is 46.2 Å². The van der Waals surface area contributed by atoms with Crippen LogP contribution in [-0.2, 0) is 9.53 Å². The first-order chi connectivity index (χ1) is 18.1. The van der Waals surface area contributed by atoms with E-state index in [9.17, 15) is 4.79 Å². The summed E-state index contributed by atoms with van der Waals surface area (Å²) in [6, 6.07) is 5.60. The fourth-order valence-electron chi connectivity index (χ4n) is 4.57. The first-order valence-electron chi connectivity index (χ1n) is 13.2. The summed E-state index contributed by atoms with van der Waals surface area (Å²) in [5.41, 5.74) is 2.24. The number of rotatable bonds is 5. The van der Waals surface area contributed by atoms with Gasteiger partial charge in [0.05, 0.1) is 12.7 Å². The maximum Gasteiger partial charge on any atom is 0.228 e. The summed E-state index contributed by atoms with van der Waals surface area (Å²) in [4.78, 5) is 28.2. The Balaban J connectivity index is 1.40. The molecule has 0 bridgehead atoms. The number of carbonyl (C=O) groups is 1. The van der Waals surface area contributed by atoms with Crippen LogP contribution in [0.3, 0.4) is 0 Å². The zero-order chi connectivity index (χ0) is 26.6. The zero-order valence-electron chi connectivity index (χ0n) is 22.5. The zero-order valence-corrected chi connectivity index (χ0v) is 19.5. The highest BCUT2D eigenvalue weighted by atomic mass is 16.5. The third-order valence-electron chi connectivity index (χ3n) is 6.82. The van der Waals surface area contributed by atoms with E-state index in [-0.39, 0.29) is 23.7 Å². The van der Waals surface area contributed by atoms with Gasteiger partial charge in [0.1, 0.15) is 11.6 Å². The quantitative estimate of drug-likeness (QED) is 0.453. The van der Waals surface area contributed by atoms with Crippen LogP contribution in [-0.4, -0.2) is 69.1 Å². The molecule has 1 saturated carbocycles. The molecule has 1 aliphatic heterocycles. The maximum atomic E-state index is 12.5. The van der Waals surface area contributed by atoms with Crippen molar-refractivity contribution in [2.24, 2.45) is 11.8 Å². The van der Waals surface area contributed by atoms with Crippen molar-refractivity contribution in [3.63, 3.8) is 0 Å². The van der Waals surface area contributed by atoms with Crippen LogP contribution in [0, 0.1) is 11.8 Å². The molecule has 1 amide bonds. The summed E-state index contributed by atoms with van der Waals surface area (Å²) in [6.07, 6.45) is 5.78. The number of morpholine rings is 1. The monoisotopic (exact) mass is 475 g/mol. The number of fused-ring (bicyclic) bond motifs is 2. The molecule has 4 aromatic rings. The number of carbonyl (C=O) groups excluding carboxylic acids is 1. The van der Waals surface area contributed by atoms with E-state index in [4.69, 9.17) is 18.9 Å². The molecular formula is C25H28N8O2. The number of likely N-dealkylation sites (N-methyl/N-ethyl adjacent to an activating group) is 1. The largest absolute Gasteiger partial charge is 0.373 e. The molecule has 0 spiro atoms. The van der Waals surface area contributed by atoms with Crippen LogP contribution in [0.2, 0.25) is 0 Å². The number of nitrogens with one attached hydrogen (secondary N) is 2. The number of amides is 1. The second-order valence-electron chi connectivity index (χ2n) is 9.39. The number of aromatic nitrogens is 5. The maximum absolute atomic E-state index is 12.5. The summed E-state index contributed by atoms with van der Waals surface area (Å²) in [5.74, 6) is 1.22. The molecule has 10 nitrogen and oxygen atoms in total. The van der Waals surface area contributed by atoms with Crippen molar-refractivity contribution in [2.75, 3.05) is 44.4 Å². The Morgan fingerprint density at radius 3 is 2.94 bits per heavy atom. The average molecular weight is 476 g/mol. The fraction of sp³-hybridized carbons (Fsp3) is 0.400. The molecule has 2 N–H and O–H groups in total. The Hall–Kier alpha value is -3.63. The summed E-state index contributed by atoms with van der Waals surface area (Å²) in [7, 11) is 2.07. The van der Waals surface area contributed by atoms with Crippen molar-refractivity contribution in [3.8, 4) is 11.4 Å². The van der Waals surface area contributed by atoms with Gasteiger partial charge in [0.25, 0.3) is 0 Å². The van der Waals surface area contributed by atoms with Crippen LogP contribution in [0.15, 0.2) is 36.8 Å². The number of ether oxygens (including phenoxy) is 1. The van der Waals surface area contributed by atoms with E-state index < -0.39 is 6.98 Å². The van der Waals surface area contributed by atoms with Gasteiger partial charge in [0.2, 0.25) is 5.91 Å². The second-order valence-corrected chi connectivity index (χ2v) is 9.39. The third kappa shape index (κ3) is 4.08. The predicted octanol–water partition coefficient (Wildman–Crippen LogP) is 2.98. The molecule has 10 heteroatoms. The van der Waals surface area contributed by atoms with Crippen molar-refractivity contribution >= 4 is 34.0 Å². The Kier molecular flexibility index (Phi) is 4.56. The lowest BCUT2D eigenvalue weighted by Crippen LogP contribution is -2.35. The SMILES string of the molecule is [2H]C([2H])([2H])Nc1ncc(-c2nc3ccc([C@H]4CN(C)CCO4)cn3n2)c2cc(NC(=O)[C@H]3C[C@H]3C)ncc12. The normalized spacial score (nSPS) is 24.1. The molecule has 1 saturated heterocycles. The first-order valence-corrected chi connectivity index (χ1v) is 11.7. The Morgan fingerprint density at radius 2 is 2.14 bits per heavy atom. The van der Waals surface area contributed by atoms with Crippen molar-refractivity contribution in [1.82, 2.24) is 29.5 Å². The van der Waals surface area contributed by atoms with E-state index in [1.807, 2.05) is 25.3 Å². The minimum absolute atomic E-state index is 0.0144. The number of anilines is 2. The van der Waals surface area contributed by atoms with Crippen LogP contribution >= 0.6 is 0 Å². The molecule has 35 heavy (non-hydrogen) atoms. The lowest BCUT2D eigenvalue weighted by Gasteiger charge is -2.30. The van der Waals surface area contributed by atoms with Crippen molar-refractivity contribution < 1.29 is 13.6 Å². The van der Waals surface area contributed by atoms with Gasteiger partial charge in [-0.05, 0) is 31.5 Å². The lowest BCUT2D eigenvalue weighted by atomic mass is 10.1. The van der Waals surface area contributed by atoms with E-state index in [0.717, 1.165) is 25.1 Å². The summed E-state index contributed by atoms with van der Waals surface area (Å²) >= 11 is 0. The molecule has 4 aromatic heterocycles. The predicted molar refractivity (Wildman–Crippen MR) is 133 cm³/mol. The average Bonchev–Trinajstić information content (AvgIpc) is 3.45. The van der Waals surface area contributed by atoms with E-state index in [2.05, 4.69) is 32.5 Å². The molecule has 5 heterocycles. The third-order valence-corrected chi connectivity index (χ3v) is 6.82. The minimum Gasteiger partial charge on any atom is -0.373 e. The lowest BCUT2D eigenvalue weighted by molar-refractivity contribution is -0.117. The van der Waals surface area contributed by atoms with Crippen LogP contribution in [0.4, 0.5) is 11.6 Å². The number of nitrogens with zero attached hydrogens (tertiary/aromatic N) is 6. The van der Waals surface area contributed by atoms with Crippen LogP contribution in [0.25, 0.3) is 27.8 Å². The van der Waals surface area contributed by atoms with Gasteiger partial charge in [-0.2, -0.15) is 0 Å². The Morgan fingerprint density at radius 1 is 1.26 bits per heavy atom.